The number of aryl methyl sites for hydroxylation is 1. The summed E-state index contributed by atoms with van der Waals surface area (Å²) < 4.78 is 14.1. The summed E-state index contributed by atoms with van der Waals surface area (Å²) in [5, 5.41) is 3.61. The maximum Gasteiger partial charge on any atom is 0.267 e. The van der Waals surface area contributed by atoms with Crippen LogP contribution in [0.25, 0.3) is 10.9 Å². The lowest BCUT2D eigenvalue weighted by molar-refractivity contribution is -0.129. The van der Waals surface area contributed by atoms with Gasteiger partial charge in [0.05, 0.1) is 5.52 Å². The minimum Gasteiger partial charge on any atom is -0.350 e. The minimum atomic E-state index is -0.317. The number of aromatic nitrogens is 1. The molecule has 2 aliphatic rings. The topological polar surface area (TPSA) is 68.4 Å². The maximum absolute atomic E-state index is 14.1. The fourth-order valence-corrected chi connectivity index (χ4v) is 5.01. The second-order valence-electron chi connectivity index (χ2n) is 8.89. The summed E-state index contributed by atoms with van der Waals surface area (Å²) in [6, 6.07) is 5.58. The lowest BCUT2D eigenvalue weighted by atomic mass is 9.90. The number of hydrogen-bond acceptors (Lipinski definition) is 3. The number of rotatable bonds is 4. The van der Waals surface area contributed by atoms with Crippen molar-refractivity contribution in [2.75, 3.05) is 20.1 Å². The van der Waals surface area contributed by atoms with Gasteiger partial charge in [0.2, 0.25) is 5.91 Å². The molecule has 2 aromatic rings. The van der Waals surface area contributed by atoms with E-state index in [0.717, 1.165) is 50.8 Å². The maximum atomic E-state index is 14.1. The quantitative estimate of drug-likeness (QED) is 0.807. The van der Waals surface area contributed by atoms with Gasteiger partial charge in [-0.1, -0.05) is 6.07 Å². The number of likely N-dealkylation sites (tertiary alicyclic amines) is 1. The second kappa shape index (κ2) is 8.38. The average Bonchev–Trinajstić information content (AvgIpc) is 3.39. The van der Waals surface area contributed by atoms with E-state index in [1.54, 1.807) is 19.1 Å². The Morgan fingerprint density at radius 1 is 1.27 bits per heavy atom. The summed E-state index contributed by atoms with van der Waals surface area (Å²) in [4.78, 5) is 31.9. The van der Waals surface area contributed by atoms with Gasteiger partial charge in [-0.15, -0.1) is 0 Å². The molecular weight excluding hydrogens is 383 g/mol. The number of H-pyrrole nitrogens is 1. The van der Waals surface area contributed by atoms with Gasteiger partial charge in [-0.3, -0.25) is 14.5 Å². The van der Waals surface area contributed by atoms with E-state index in [9.17, 15) is 14.0 Å². The molecule has 30 heavy (non-hydrogen) atoms. The first kappa shape index (κ1) is 20.8. The summed E-state index contributed by atoms with van der Waals surface area (Å²) in [6.07, 6.45) is 5.07. The zero-order valence-corrected chi connectivity index (χ0v) is 18.0. The zero-order valence-electron chi connectivity index (χ0n) is 18.0. The molecule has 1 unspecified atom stereocenters. The normalized spacial score (nSPS) is 24.9. The minimum absolute atomic E-state index is 0.109. The number of hydrogen-bond donors (Lipinski definition) is 2. The lowest BCUT2D eigenvalue weighted by Crippen LogP contribution is -2.46. The van der Waals surface area contributed by atoms with E-state index in [1.165, 1.54) is 6.07 Å². The molecule has 0 spiro atoms. The summed E-state index contributed by atoms with van der Waals surface area (Å²) in [5.41, 5.74) is 2.01. The molecule has 162 valence electrons. The smallest absolute Gasteiger partial charge is 0.267 e. The number of nitrogens with zero attached hydrogens (tertiary/aromatic N) is 2. The predicted molar refractivity (Wildman–Crippen MR) is 115 cm³/mol. The Hall–Kier alpha value is -2.41. The first-order valence-corrected chi connectivity index (χ1v) is 10.9. The Morgan fingerprint density at radius 3 is 2.80 bits per heavy atom. The zero-order chi connectivity index (χ0) is 21.4. The van der Waals surface area contributed by atoms with Crippen LogP contribution in [0.4, 0.5) is 4.39 Å². The molecule has 2 amide bonds. The van der Waals surface area contributed by atoms with Crippen molar-refractivity contribution in [1.82, 2.24) is 20.1 Å². The third-order valence-electron chi connectivity index (χ3n) is 6.93. The largest absolute Gasteiger partial charge is 0.350 e. The molecule has 2 N–H and O–H groups in total. The predicted octanol–water partition coefficient (Wildman–Crippen LogP) is 3.21. The number of benzene rings is 1. The molecule has 1 saturated carbocycles. The van der Waals surface area contributed by atoms with Gasteiger partial charge in [-0.05, 0) is 56.7 Å². The van der Waals surface area contributed by atoms with E-state index in [2.05, 4.69) is 15.2 Å². The van der Waals surface area contributed by atoms with Gasteiger partial charge in [0.1, 0.15) is 11.5 Å². The van der Waals surface area contributed by atoms with Gasteiger partial charge >= 0.3 is 0 Å². The molecule has 2 heterocycles. The highest BCUT2D eigenvalue weighted by Crippen LogP contribution is 2.28. The SMILES string of the molecule is CC(=O)N(C)C1CCN([C@H]2CCC[C@@H](NC(=O)c3cc4c(F)ccc(C)c4[nH]3)C2)C1. The molecule has 1 aromatic carbocycles. The van der Waals surface area contributed by atoms with Crippen LogP contribution in [-0.2, 0) is 4.79 Å². The Kier molecular flexibility index (Phi) is 5.82. The lowest BCUT2D eigenvalue weighted by Gasteiger charge is -2.36. The van der Waals surface area contributed by atoms with E-state index >= 15 is 0 Å². The highest BCUT2D eigenvalue weighted by atomic mass is 19.1. The Balaban J connectivity index is 1.39. The van der Waals surface area contributed by atoms with Crippen molar-refractivity contribution < 1.29 is 14.0 Å². The van der Waals surface area contributed by atoms with E-state index in [4.69, 9.17) is 0 Å². The van der Waals surface area contributed by atoms with E-state index < -0.39 is 0 Å². The van der Waals surface area contributed by atoms with Crippen molar-refractivity contribution in [2.45, 2.75) is 64.1 Å². The average molecular weight is 415 g/mol. The summed E-state index contributed by atoms with van der Waals surface area (Å²) in [6.45, 7) is 5.42. The third-order valence-corrected chi connectivity index (χ3v) is 6.93. The third kappa shape index (κ3) is 4.08. The number of halogens is 1. The molecule has 1 saturated heterocycles. The summed E-state index contributed by atoms with van der Waals surface area (Å²) in [5.74, 6) is -0.380. The molecule has 0 radical (unpaired) electrons. The van der Waals surface area contributed by atoms with Gasteiger partial charge in [-0.25, -0.2) is 4.39 Å². The van der Waals surface area contributed by atoms with Crippen LogP contribution in [-0.4, -0.2) is 64.9 Å². The van der Waals surface area contributed by atoms with Gasteiger partial charge in [0.25, 0.3) is 5.91 Å². The van der Waals surface area contributed by atoms with Crippen molar-refractivity contribution in [3.8, 4) is 0 Å². The molecular formula is C23H31FN4O2. The summed E-state index contributed by atoms with van der Waals surface area (Å²) in [7, 11) is 1.88. The molecule has 6 nitrogen and oxygen atoms in total. The molecule has 0 bridgehead atoms. The van der Waals surface area contributed by atoms with Gasteiger partial charge in [0.15, 0.2) is 0 Å². The van der Waals surface area contributed by atoms with Gasteiger partial charge in [0, 0.05) is 50.6 Å². The van der Waals surface area contributed by atoms with E-state index in [-0.39, 0.29) is 29.7 Å². The number of carbonyl (C=O) groups is 2. The molecule has 4 rings (SSSR count). The number of carbonyl (C=O) groups excluding carboxylic acids is 2. The fraction of sp³-hybridized carbons (Fsp3) is 0.565. The highest BCUT2D eigenvalue weighted by Gasteiger charge is 2.34. The Labute approximate surface area is 176 Å². The molecule has 3 atom stereocenters. The number of nitrogens with one attached hydrogen (secondary N) is 2. The van der Waals surface area contributed by atoms with Gasteiger partial charge in [-0.2, -0.15) is 0 Å². The molecule has 1 aliphatic heterocycles. The fourth-order valence-electron chi connectivity index (χ4n) is 5.01. The number of aromatic amines is 1. The van der Waals surface area contributed by atoms with Crippen molar-refractivity contribution in [1.29, 1.82) is 0 Å². The first-order valence-electron chi connectivity index (χ1n) is 10.9. The van der Waals surface area contributed by atoms with Crippen molar-refractivity contribution >= 4 is 22.7 Å². The molecule has 7 heteroatoms. The first-order chi connectivity index (χ1) is 14.3. The van der Waals surface area contributed by atoms with Crippen LogP contribution >= 0.6 is 0 Å². The van der Waals surface area contributed by atoms with Crippen LogP contribution in [0.5, 0.6) is 0 Å². The van der Waals surface area contributed by atoms with E-state index in [0.29, 0.717) is 22.6 Å². The molecule has 1 aromatic heterocycles. The standard InChI is InChI=1S/C23H31FN4O2/c1-14-7-8-20(24)19-12-21(26-22(14)19)23(30)25-16-5-4-6-17(11-16)28-10-9-18(13-28)27(3)15(2)29/h7-8,12,16-18,26H,4-6,9-11,13H2,1-3H3,(H,25,30)/t16-,17+,18?/m1/s1. The van der Waals surface area contributed by atoms with Crippen LogP contribution < -0.4 is 5.32 Å². The van der Waals surface area contributed by atoms with Gasteiger partial charge < -0.3 is 15.2 Å². The van der Waals surface area contributed by atoms with E-state index in [1.807, 2.05) is 18.9 Å². The van der Waals surface area contributed by atoms with Crippen LogP contribution in [0.15, 0.2) is 18.2 Å². The molecule has 2 fully saturated rings. The molecule has 1 aliphatic carbocycles. The summed E-state index contributed by atoms with van der Waals surface area (Å²) >= 11 is 0. The van der Waals surface area contributed by atoms with Crippen molar-refractivity contribution in [3.05, 3.63) is 35.3 Å². The van der Waals surface area contributed by atoms with Crippen LogP contribution in [0.2, 0.25) is 0 Å². The monoisotopic (exact) mass is 414 g/mol. The Morgan fingerprint density at radius 2 is 2.07 bits per heavy atom. The number of fused-ring (bicyclic) bond motifs is 1. The highest BCUT2D eigenvalue weighted by molar-refractivity contribution is 5.99. The van der Waals surface area contributed by atoms with Crippen LogP contribution in [0.3, 0.4) is 0 Å². The van der Waals surface area contributed by atoms with Crippen LogP contribution in [0, 0.1) is 12.7 Å². The number of likely N-dealkylation sites (N-methyl/N-ethyl adjacent to an activating group) is 1. The second-order valence-corrected chi connectivity index (χ2v) is 8.89. The Bertz CT molecular complexity index is 917. The van der Waals surface area contributed by atoms with Crippen LogP contribution in [0.1, 0.15) is 55.1 Å². The van der Waals surface area contributed by atoms with Crippen molar-refractivity contribution in [3.63, 3.8) is 0 Å². The number of amides is 2. The van der Waals surface area contributed by atoms with Crippen molar-refractivity contribution in [2.24, 2.45) is 0 Å².